The molecule has 1 aromatic rings. The third kappa shape index (κ3) is 3.08. The van der Waals surface area contributed by atoms with Crippen LogP contribution in [0, 0.1) is 0 Å². The van der Waals surface area contributed by atoms with Crippen molar-refractivity contribution in [3.05, 3.63) is 24.4 Å². The lowest BCUT2D eigenvalue weighted by atomic mass is 10.1. The second-order valence-electron chi connectivity index (χ2n) is 3.78. The molecule has 1 aliphatic rings. The van der Waals surface area contributed by atoms with Crippen molar-refractivity contribution in [2.24, 2.45) is 0 Å². The zero-order valence-electron chi connectivity index (χ0n) is 9.02. The molecule has 0 aromatic carbocycles. The lowest BCUT2D eigenvalue weighted by Gasteiger charge is -2.32. The third-order valence-electron chi connectivity index (χ3n) is 2.87. The Morgan fingerprint density at radius 2 is 2.07 bits per heavy atom. The van der Waals surface area contributed by atoms with Crippen molar-refractivity contribution in [1.82, 2.24) is 10.3 Å². The Labute approximate surface area is 97.3 Å². The highest BCUT2D eigenvalue weighted by molar-refractivity contribution is 5.85. The van der Waals surface area contributed by atoms with E-state index >= 15 is 0 Å². The van der Waals surface area contributed by atoms with Crippen LogP contribution in [0.1, 0.15) is 12.8 Å². The molecule has 1 fully saturated rings. The minimum Gasteiger partial charge on any atom is -0.357 e. The van der Waals surface area contributed by atoms with Crippen molar-refractivity contribution in [3.8, 4) is 0 Å². The molecule has 1 aliphatic heterocycles. The Hall–Kier alpha value is -0.800. The number of pyridine rings is 1. The average molecular weight is 228 g/mol. The lowest BCUT2D eigenvalue weighted by Crippen LogP contribution is -2.41. The molecule has 2 heterocycles. The van der Waals surface area contributed by atoms with Gasteiger partial charge in [-0.05, 0) is 38.1 Å². The van der Waals surface area contributed by atoms with Gasteiger partial charge in [0.05, 0.1) is 0 Å². The normalized spacial score (nSPS) is 16.9. The first-order valence-corrected chi connectivity index (χ1v) is 5.22. The summed E-state index contributed by atoms with van der Waals surface area (Å²) in [6.45, 7) is 2.25. The number of nitrogens with one attached hydrogen (secondary N) is 1. The van der Waals surface area contributed by atoms with Crippen LogP contribution in [0.4, 0.5) is 5.82 Å². The van der Waals surface area contributed by atoms with Gasteiger partial charge >= 0.3 is 0 Å². The molecule has 1 aromatic heterocycles. The first kappa shape index (κ1) is 12.3. The topological polar surface area (TPSA) is 28.2 Å². The molecule has 0 radical (unpaired) electrons. The summed E-state index contributed by atoms with van der Waals surface area (Å²) in [6.07, 6.45) is 4.28. The molecule has 0 bridgehead atoms. The molecule has 0 spiro atoms. The van der Waals surface area contributed by atoms with Gasteiger partial charge in [0.15, 0.2) is 0 Å². The summed E-state index contributed by atoms with van der Waals surface area (Å²) in [5.41, 5.74) is 0. The molecule has 1 saturated heterocycles. The number of halogens is 1. The van der Waals surface area contributed by atoms with Gasteiger partial charge in [-0.25, -0.2) is 4.98 Å². The van der Waals surface area contributed by atoms with Gasteiger partial charge in [0.1, 0.15) is 5.82 Å². The van der Waals surface area contributed by atoms with Crippen LogP contribution in [0.2, 0.25) is 0 Å². The summed E-state index contributed by atoms with van der Waals surface area (Å²) in [5.74, 6) is 1.08. The van der Waals surface area contributed by atoms with Gasteiger partial charge in [-0.15, -0.1) is 12.4 Å². The molecule has 0 atom stereocenters. The molecule has 0 saturated carbocycles. The molecule has 15 heavy (non-hydrogen) atoms. The number of hydrogen-bond donors (Lipinski definition) is 1. The number of rotatable bonds is 2. The minimum absolute atomic E-state index is 0. The van der Waals surface area contributed by atoms with E-state index in [4.69, 9.17) is 0 Å². The Balaban J connectivity index is 0.00000112. The number of piperidine rings is 1. The van der Waals surface area contributed by atoms with Crippen molar-refractivity contribution < 1.29 is 0 Å². The zero-order chi connectivity index (χ0) is 9.80. The summed E-state index contributed by atoms with van der Waals surface area (Å²) in [5, 5.41) is 3.37. The first-order valence-electron chi connectivity index (χ1n) is 5.22. The van der Waals surface area contributed by atoms with Gasteiger partial charge in [0, 0.05) is 19.3 Å². The summed E-state index contributed by atoms with van der Waals surface area (Å²) in [4.78, 5) is 6.65. The van der Waals surface area contributed by atoms with E-state index in [2.05, 4.69) is 28.3 Å². The molecular weight excluding hydrogens is 210 g/mol. The molecule has 2 rings (SSSR count). The molecule has 1 N–H and O–H groups in total. The standard InChI is InChI=1S/C11H17N3.ClH/c1-14(10-5-8-12-9-6-10)11-4-2-3-7-13-11;/h2-4,7,10,12H,5-6,8-9H2,1H3;1H. The summed E-state index contributed by atoms with van der Waals surface area (Å²) >= 11 is 0. The first-order chi connectivity index (χ1) is 6.88. The van der Waals surface area contributed by atoms with Gasteiger partial charge < -0.3 is 10.2 Å². The van der Waals surface area contributed by atoms with E-state index in [0.717, 1.165) is 18.9 Å². The predicted octanol–water partition coefficient (Wildman–Crippen LogP) is 1.69. The SMILES string of the molecule is CN(c1ccccn1)C1CCNCC1.Cl. The second kappa shape index (κ2) is 5.93. The van der Waals surface area contributed by atoms with Crippen LogP contribution in [0.15, 0.2) is 24.4 Å². The zero-order valence-corrected chi connectivity index (χ0v) is 9.83. The highest BCUT2D eigenvalue weighted by Crippen LogP contribution is 2.16. The molecule has 0 aliphatic carbocycles. The summed E-state index contributed by atoms with van der Waals surface area (Å²) in [6, 6.07) is 6.72. The van der Waals surface area contributed by atoms with Gasteiger partial charge in [-0.1, -0.05) is 6.07 Å². The maximum absolute atomic E-state index is 4.36. The highest BCUT2D eigenvalue weighted by atomic mass is 35.5. The van der Waals surface area contributed by atoms with E-state index in [1.165, 1.54) is 12.8 Å². The van der Waals surface area contributed by atoms with E-state index in [9.17, 15) is 0 Å². The van der Waals surface area contributed by atoms with Crippen molar-refractivity contribution in [2.45, 2.75) is 18.9 Å². The average Bonchev–Trinajstić information content (AvgIpc) is 2.30. The van der Waals surface area contributed by atoms with E-state index in [1.54, 1.807) is 0 Å². The van der Waals surface area contributed by atoms with Crippen molar-refractivity contribution >= 4 is 18.2 Å². The Morgan fingerprint density at radius 3 is 2.67 bits per heavy atom. The molecule has 84 valence electrons. The summed E-state index contributed by atoms with van der Waals surface area (Å²) < 4.78 is 0. The molecular formula is C11H18ClN3. The quantitative estimate of drug-likeness (QED) is 0.834. The van der Waals surface area contributed by atoms with Gasteiger partial charge in [0.2, 0.25) is 0 Å². The fraction of sp³-hybridized carbons (Fsp3) is 0.545. The number of anilines is 1. The predicted molar refractivity (Wildman–Crippen MR) is 65.8 cm³/mol. The van der Waals surface area contributed by atoms with Crippen LogP contribution in [-0.4, -0.2) is 31.2 Å². The fourth-order valence-corrected chi connectivity index (χ4v) is 1.94. The molecule has 4 heteroatoms. The van der Waals surface area contributed by atoms with Crippen molar-refractivity contribution in [2.75, 3.05) is 25.0 Å². The van der Waals surface area contributed by atoms with Gasteiger partial charge in [-0.3, -0.25) is 0 Å². The number of aromatic nitrogens is 1. The summed E-state index contributed by atoms with van der Waals surface area (Å²) in [7, 11) is 2.14. The molecule has 0 amide bonds. The fourth-order valence-electron chi connectivity index (χ4n) is 1.94. The number of hydrogen-bond acceptors (Lipinski definition) is 3. The minimum atomic E-state index is 0. The van der Waals surface area contributed by atoms with Crippen LogP contribution in [-0.2, 0) is 0 Å². The van der Waals surface area contributed by atoms with E-state index < -0.39 is 0 Å². The van der Waals surface area contributed by atoms with Crippen LogP contribution in [0.3, 0.4) is 0 Å². The Morgan fingerprint density at radius 1 is 1.33 bits per heavy atom. The lowest BCUT2D eigenvalue weighted by molar-refractivity contribution is 0.442. The maximum Gasteiger partial charge on any atom is 0.128 e. The smallest absolute Gasteiger partial charge is 0.128 e. The van der Waals surface area contributed by atoms with Gasteiger partial charge in [-0.2, -0.15) is 0 Å². The Bertz CT molecular complexity index is 272. The monoisotopic (exact) mass is 227 g/mol. The maximum atomic E-state index is 4.36. The van der Waals surface area contributed by atoms with Crippen LogP contribution >= 0.6 is 12.4 Å². The van der Waals surface area contributed by atoms with E-state index in [1.807, 2.05) is 18.3 Å². The van der Waals surface area contributed by atoms with Crippen molar-refractivity contribution in [1.29, 1.82) is 0 Å². The van der Waals surface area contributed by atoms with Gasteiger partial charge in [0.25, 0.3) is 0 Å². The van der Waals surface area contributed by atoms with Crippen LogP contribution in [0.25, 0.3) is 0 Å². The molecule has 3 nitrogen and oxygen atoms in total. The van der Waals surface area contributed by atoms with Crippen LogP contribution in [0.5, 0.6) is 0 Å². The number of nitrogens with zero attached hydrogens (tertiary/aromatic N) is 2. The van der Waals surface area contributed by atoms with Crippen LogP contribution < -0.4 is 10.2 Å². The highest BCUT2D eigenvalue weighted by Gasteiger charge is 2.18. The Kier molecular flexibility index (Phi) is 4.85. The van der Waals surface area contributed by atoms with E-state index in [0.29, 0.717) is 6.04 Å². The third-order valence-corrected chi connectivity index (χ3v) is 2.87. The largest absolute Gasteiger partial charge is 0.357 e. The second-order valence-corrected chi connectivity index (χ2v) is 3.78. The molecule has 0 unspecified atom stereocenters. The van der Waals surface area contributed by atoms with E-state index in [-0.39, 0.29) is 12.4 Å². The van der Waals surface area contributed by atoms with Crippen molar-refractivity contribution in [3.63, 3.8) is 0 Å².